The molecule has 274 valence electrons. The van der Waals surface area contributed by atoms with E-state index in [0.29, 0.717) is 78.5 Å². The quantitative estimate of drug-likeness (QED) is 0.0920. The molecule has 2 atom stereocenters. The van der Waals surface area contributed by atoms with Crippen LogP contribution in [-0.4, -0.2) is 89.1 Å². The second-order valence-electron chi connectivity index (χ2n) is 12.7. The van der Waals surface area contributed by atoms with Gasteiger partial charge in [0.15, 0.2) is 0 Å². The number of unbranched alkanes of at least 4 members (excludes halogenated alkanes) is 2. The van der Waals surface area contributed by atoms with Crippen LogP contribution in [0.5, 0.6) is 0 Å². The third-order valence-electron chi connectivity index (χ3n) is 8.83. The summed E-state index contributed by atoms with van der Waals surface area (Å²) in [5.41, 5.74) is -0.425. The number of urea groups is 1. The molecule has 51 heavy (non-hydrogen) atoms. The monoisotopic (exact) mass is 743 g/mol. The predicted molar refractivity (Wildman–Crippen MR) is 194 cm³/mol. The number of nitrogens with zero attached hydrogens (tertiary/aromatic N) is 1. The van der Waals surface area contributed by atoms with Gasteiger partial charge in [-0.05, 0) is 73.7 Å². The number of anilines is 1. The average Bonchev–Trinajstić information content (AvgIpc) is 3.66. The number of hydrogen-bond donors (Lipinski definition) is 7. The molecule has 1 unspecified atom stereocenters. The summed E-state index contributed by atoms with van der Waals surface area (Å²) in [7, 11) is 0. The van der Waals surface area contributed by atoms with E-state index in [2.05, 4.69) is 31.6 Å². The van der Waals surface area contributed by atoms with Crippen LogP contribution >= 0.6 is 23.4 Å². The zero-order valence-corrected chi connectivity index (χ0v) is 29.7. The van der Waals surface area contributed by atoms with Crippen LogP contribution in [0.3, 0.4) is 0 Å². The molecule has 2 aliphatic heterocycles. The second-order valence-corrected chi connectivity index (χ2v) is 14.5. The van der Waals surface area contributed by atoms with Gasteiger partial charge in [-0.3, -0.25) is 19.2 Å². The predicted octanol–water partition coefficient (Wildman–Crippen LogP) is 3.35. The van der Waals surface area contributed by atoms with Gasteiger partial charge in [-0.15, -0.1) is 0 Å². The zero-order valence-electron chi connectivity index (χ0n) is 28.1. The van der Waals surface area contributed by atoms with Crippen LogP contribution in [0.4, 0.5) is 14.9 Å². The molecule has 0 aliphatic carbocycles. The summed E-state index contributed by atoms with van der Waals surface area (Å²) in [6.45, 7) is 2.22. The molecule has 2 fully saturated rings. The number of fused-ring (bicyclic) bond motifs is 1. The van der Waals surface area contributed by atoms with E-state index >= 15 is 0 Å². The summed E-state index contributed by atoms with van der Waals surface area (Å²) in [4.78, 5) is 67.0. The van der Waals surface area contributed by atoms with Gasteiger partial charge in [0.25, 0.3) is 17.7 Å². The van der Waals surface area contributed by atoms with Gasteiger partial charge in [0.05, 0.1) is 0 Å². The van der Waals surface area contributed by atoms with Gasteiger partial charge in [0.2, 0.25) is 11.5 Å². The van der Waals surface area contributed by atoms with Crippen LogP contribution in [0.2, 0.25) is 5.02 Å². The number of carbonyl (C=O) groups excluding carboxylic acids is 5. The van der Waals surface area contributed by atoms with Crippen molar-refractivity contribution in [3.8, 4) is 0 Å². The molecule has 0 spiro atoms. The van der Waals surface area contributed by atoms with Crippen molar-refractivity contribution in [3.63, 3.8) is 0 Å². The van der Waals surface area contributed by atoms with E-state index in [9.17, 15) is 33.5 Å². The number of halogens is 2. The average molecular weight is 744 g/mol. The lowest BCUT2D eigenvalue weighted by atomic mass is 10.0. The van der Waals surface area contributed by atoms with Crippen molar-refractivity contribution < 1.29 is 33.5 Å². The topological polar surface area (TPSA) is 185 Å². The Morgan fingerprint density at radius 2 is 1.80 bits per heavy atom. The first-order valence-corrected chi connectivity index (χ1v) is 18.5. The molecule has 0 radical (unpaired) electrons. The Kier molecular flexibility index (Phi) is 13.2. The van der Waals surface area contributed by atoms with E-state index in [-0.39, 0.29) is 42.4 Å². The SMILES string of the molecule is O=C(CCCCC1CNC(=O)NCCS1)NCCCCNC(=O)c1cc2cc(N3CC[C@](O)(C(=O)NCc4cc(F)cc(Cl)c4)C3=O)ccc2[nH]1. The molecule has 3 heterocycles. The Morgan fingerprint density at radius 1 is 1.00 bits per heavy atom. The fraction of sp³-hybridized carbons (Fsp3) is 0.457. The molecule has 7 N–H and O–H groups in total. The molecule has 6 amide bonds. The maximum Gasteiger partial charge on any atom is 0.314 e. The van der Waals surface area contributed by atoms with Crippen LogP contribution in [0.15, 0.2) is 42.5 Å². The van der Waals surface area contributed by atoms with E-state index in [1.165, 1.54) is 17.0 Å². The van der Waals surface area contributed by atoms with Gasteiger partial charge in [-0.25, -0.2) is 9.18 Å². The van der Waals surface area contributed by atoms with Crippen molar-refractivity contribution in [2.75, 3.05) is 43.4 Å². The number of hydrogen-bond acceptors (Lipinski definition) is 7. The van der Waals surface area contributed by atoms with Crippen LogP contribution in [0.1, 0.15) is 61.0 Å². The summed E-state index contributed by atoms with van der Waals surface area (Å²) in [6.07, 6.45) is 4.38. The minimum Gasteiger partial charge on any atom is -0.372 e. The molecule has 0 bridgehead atoms. The molecule has 2 saturated heterocycles. The molecule has 0 saturated carbocycles. The first-order chi connectivity index (χ1) is 24.5. The van der Waals surface area contributed by atoms with Crippen LogP contribution in [-0.2, 0) is 20.9 Å². The lowest BCUT2D eigenvalue weighted by Crippen LogP contribution is -2.52. The Morgan fingerprint density at radius 3 is 2.61 bits per heavy atom. The van der Waals surface area contributed by atoms with Crippen molar-refractivity contribution in [1.82, 2.24) is 31.6 Å². The molecular formula is C35H43ClFN7O6S. The highest BCUT2D eigenvalue weighted by molar-refractivity contribution is 7.99. The number of amides is 6. The highest BCUT2D eigenvalue weighted by Gasteiger charge is 2.51. The van der Waals surface area contributed by atoms with Crippen molar-refractivity contribution >= 4 is 69.6 Å². The minimum absolute atomic E-state index is 0.00880. The van der Waals surface area contributed by atoms with Gasteiger partial charge in [0.1, 0.15) is 11.5 Å². The van der Waals surface area contributed by atoms with E-state index in [1.807, 2.05) is 11.8 Å². The number of carbonyl (C=O) groups is 5. The standard InChI is InChI=1S/C35H43ClFN7O6S/c36-24-15-22(16-25(37)19-24)20-41-32(47)35(50)9-13-44(33(35)48)26-7-8-28-23(17-26)18-29(43-28)31(46)39-11-4-3-10-38-30(45)6-2-1-5-27-21-42-34(49)40-12-14-51-27/h7-8,15-19,27,43,50H,1-6,9-14,20-21H2,(H,38,45)(H,39,46)(H,41,47)(H2,40,42,49)/t27?,35-/m0/s1. The first kappa shape index (κ1) is 37.9. The molecule has 3 aromatic rings. The van der Waals surface area contributed by atoms with Crippen LogP contribution in [0, 0.1) is 5.82 Å². The number of thioether (sulfide) groups is 1. The number of aliphatic hydroxyl groups is 1. The van der Waals surface area contributed by atoms with Gasteiger partial charge in [-0.2, -0.15) is 11.8 Å². The lowest BCUT2D eigenvalue weighted by molar-refractivity contribution is -0.149. The van der Waals surface area contributed by atoms with Crippen LogP contribution < -0.4 is 31.5 Å². The lowest BCUT2D eigenvalue weighted by Gasteiger charge is -2.22. The maximum atomic E-state index is 13.6. The van der Waals surface area contributed by atoms with Crippen molar-refractivity contribution in [2.24, 2.45) is 0 Å². The summed E-state index contributed by atoms with van der Waals surface area (Å²) < 4.78 is 13.6. The Hall–Kier alpha value is -4.34. The zero-order chi connectivity index (χ0) is 36.4. The van der Waals surface area contributed by atoms with Gasteiger partial charge in [0, 0.05) is 84.7 Å². The number of rotatable bonds is 15. The fourth-order valence-electron chi connectivity index (χ4n) is 6.04. The fourth-order valence-corrected chi connectivity index (χ4v) is 7.37. The van der Waals surface area contributed by atoms with E-state index < -0.39 is 23.2 Å². The van der Waals surface area contributed by atoms with E-state index in [1.54, 1.807) is 24.3 Å². The maximum absolute atomic E-state index is 13.6. The number of benzene rings is 2. The second kappa shape index (κ2) is 17.7. The van der Waals surface area contributed by atoms with Gasteiger partial charge in [-0.1, -0.05) is 18.0 Å². The highest BCUT2D eigenvalue weighted by Crippen LogP contribution is 2.31. The number of nitrogens with one attached hydrogen (secondary N) is 6. The molecular weight excluding hydrogens is 701 g/mol. The third kappa shape index (κ3) is 10.4. The Bertz CT molecular complexity index is 1740. The minimum atomic E-state index is -2.29. The molecule has 2 aliphatic rings. The summed E-state index contributed by atoms with van der Waals surface area (Å²) in [6, 6.07) is 10.5. The Labute approximate surface area is 304 Å². The third-order valence-corrected chi connectivity index (χ3v) is 10.4. The normalized spacial score (nSPS) is 19.2. The van der Waals surface area contributed by atoms with Crippen LogP contribution in [0.25, 0.3) is 10.9 Å². The van der Waals surface area contributed by atoms with Crippen molar-refractivity contribution in [2.45, 2.75) is 62.3 Å². The van der Waals surface area contributed by atoms with E-state index in [4.69, 9.17) is 11.6 Å². The van der Waals surface area contributed by atoms with Crippen molar-refractivity contribution in [1.29, 1.82) is 0 Å². The Balaban J connectivity index is 1.00. The van der Waals surface area contributed by atoms with Gasteiger partial charge < -0.3 is 41.6 Å². The summed E-state index contributed by atoms with van der Waals surface area (Å²) >= 11 is 7.71. The largest absolute Gasteiger partial charge is 0.372 e. The summed E-state index contributed by atoms with van der Waals surface area (Å²) in [5.74, 6) is -1.63. The first-order valence-electron chi connectivity index (χ1n) is 17.1. The molecule has 1 aromatic heterocycles. The van der Waals surface area contributed by atoms with E-state index in [0.717, 1.165) is 31.1 Å². The smallest absolute Gasteiger partial charge is 0.314 e. The number of H-pyrrole nitrogens is 1. The molecule has 16 heteroatoms. The molecule has 2 aromatic carbocycles. The number of aromatic amines is 1. The highest BCUT2D eigenvalue weighted by atomic mass is 35.5. The van der Waals surface area contributed by atoms with Gasteiger partial charge >= 0.3 is 6.03 Å². The number of aromatic nitrogens is 1. The molecule has 5 rings (SSSR count). The molecule has 13 nitrogen and oxygen atoms in total. The summed E-state index contributed by atoms with van der Waals surface area (Å²) in [5, 5.41) is 26.2. The van der Waals surface area contributed by atoms with Crippen molar-refractivity contribution in [3.05, 3.63) is 64.6 Å².